The molecule has 0 saturated carbocycles. The van der Waals surface area contributed by atoms with Crippen LogP contribution in [-0.2, 0) is 0 Å². The van der Waals surface area contributed by atoms with E-state index < -0.39 is 0 Å². The molecule has 2 aromatic carbocycles. The lowest BCUT2D eigenvalue weighted by atomic mass is 10.1. The van der Waals surface area contributed by atoms with E-state index in [4.69, 9.17) is 16.0 Å². The molecule has 0 spiro atoms. The lowest BCUT2D eigenvalue weighted by molar-refractivity contribution is 0.102. The molecule has 2 heterocycles. The fraction of sp³-hybridized carbons (Fsp3) is 0.348. The van der Waals surface area contributed by atoms with Gasteiger partial charge in [-0.15, -0.1) is 5.10 Å². The van der Waals surface area contributed by atoms with Crippen LogP contribution in [0.5, 0.6) is 0 Å². The van der Waals surface area contributed by atoms with Gasteiger partial charge in [0.15, 0.2) is 0 Å². The SMILES string of the molecule is O=C(Nc1ccc(-c2nnc(NCCCN3CCCCC3)o2)cc1)c1ccc(Cl)cc1. The van der Waals surface area contributed by atoms with Gasteiger partial charge in [-0.05, 0) is 87.4 Å². The van der Waals surface area contributed by atoms with Gasteiger partial charge < -0.3 is 20.0 Å². The molecular formula is C23H26ClN5O2. The Bertz CT molecular complexity index is 982. The van der Waals surface area contributed by atoms with Gasteiger partial charge in [-0.1, -0.05) is 23.1 Å². The van der Waals surface area contributed by atoms with E-state index in [-0.39, 0.29) is 5.91 Å². The van der Waals surface area contributed by atoms with Crippen molar-refractivity contribution in [2.75, 3.05) is 36.8 Å². The van der Waals surface area contributed by atoms with Crippen molar-refractivity contribution in [3.05, 3.63) is 59.1 Å². The van der Waals surface area contributed by atoms with Crippen molar-refractivity contribution < 1.29 is 9.21 Å². The first-order valence-corrected chi connectivity index (χ1v) is 11.0. The molecule has 0 bridgehead atoms. The number of amides is 1. The van der Waals surface area contributed by atoms with E-state index in [1.807, 2.05) is 12.1 Å². The molecule has 1 amide bonds. The third-order valence-corrected chi connectivity index (χ3v) is 5.55. The Balaban J connectivity index is 1.26. The van der Waals surface area contributed by atoms with E-state index in [0.29, 0.717) is 28.2 Å². The van der Waals surface area contributed by atoms with Gasteiger partial charge in [-0.25, -0.2) is 0 Å². The van der Waals surface area contributed by atoms with Gasteiger partial charge in [0.2, 0.25) is 5.89 Å². The van der Waals surface area contributed by atoms with Gasteiger partial charge in [-0.2, -0.15) is 0 Å². The molecule has 1 saturated heterocycles. The Labute approximate surface area is 186 Å². The van der Waals surface area contributed by atoms with Crippen molar-refractivity contribution in [1.82, 2.24) is 15.1 Å². The number of carbonyl (C=O) groups excluding carboxylic acids is 1. The van der Waals surface area contributed by atoms with E-state index in [9.17, 15) is 4.79 Å². The highest BCUT2D eigenvalue weighted by Crippen LogP contribution is 2.22. The monoisotopic (exact) mass is 439 g/mol. The van der Waals surface area contributed by atoms with Crippen LogP contribution >= 0.6 is 11.6 Å². The molecule has 7 nitrogen and oxygen atoms in total. The number of nitrogens with one attached hydrogen (secondary N) is 2. The lowest BCUT2D eigenvalue weighted by Gasteiger charge is -2.26. The fourth-order valence-corrected chi connectivity index (χ4v) is 3.72. The van der Waals surface area contributed by atoms with E-state index in [0.717, 1.165) is 25.1 Å². The first-order valence-electron chi connectivity index (χ1n) is 10.6. The zero-order chi connectivity index (χ0) is 21.5. The van der Waals surface area contributed by atoms with Crippen molar-refractivity contribution in [3.63, 3.8) is 0 Å². The summed E-state index contributed by atoms with van der Waals surface area (Å²) in [5, 5.41) is 14.8. The summed E-state index contributed by atoms with van der Waals surface area (Å²) in [7, 11) is 0. The number of hydrogen-bond donors (Lipinski definition) is 2. The van der Waals surface area contributed by atoms with Crippen LogP contribution in [0.2, 0.25) is 5.02 Å². The predicted octanol–water partition coefficient (Wildman–Crippen LogP) is 4.93. The Morgan fingerprint density at radius 2 is 1.74 bits per heavy atom. The molecular weight excluding hydrogens is 414 g/mol. The van der Waals surface area contributed by atoms with E-state index in [2.05, 4.69) is 25.7 Å². The highest BCUT2D eigenvalue weighted by atomic mass is 35.5. The van der Waals surface area contributed by atoms with Crippen LogP contribution in [0.3, 0.4) is 0 Å². The summed E-state index contributed by atoms with van der Waals surface area (Å²) in [5.41, 5.74) is 2.01. The number of nitrogens with zero attached hydrogens (tertiary/aromatic N) is 3. The maximum atomic E-state index is 12.3. The zero-order valence-corrected chi connectivity index (χ0v) is 18.1. The largest absolute Gasteiger partial charge is 0.403 e. The van der Waals surface area contributed by atoms with Gasteiger partial charge in [-0.3, -0.25) is 4.79 Å². The topological polar surface area (TPSA) is 83.3 Å². The van der Waals surface area contributed by atoms with Crippen LogP contribution in [0, 0.1) is 0 Å². The Kier molecular flexibility index (Phi) is 7.17. The van der Waals surface area contributed by atoms with E-state index in [1.54, 1.807) is 36.4 Å². The zero-order valence-electron chi connectivity index (χ0n) is 17.3. The average molecular weight is 440 g/mol. The highest BCUT2D eigenvalue weighted by Gasteiger charge is 2.11. The lowest BCUT2D eigenvalue weighted by Crippen LogP contribution is -2.31. The third kappa shape index (κ3) is 6.06. The number of carbonyl (C=O) groups is 1. The molecule has 0 radical (unpaired) electrons. The Morgan fingerprint density at radius 3 is 2.48 bits per heavy atom. The second kappa shape index (κ2) is 10.4. The summed E-state index contributed by atoms with van der Waals surface area (Å²) in [6.45, 7) is 4.31. The van der Waals surface area contributed by atoms with E-state index >= 15 is 0 Å². The summed E-state index contributed by atoms with van der Waals surface area (Å²) in [6, 6.07) is 14.5. The fourth-order valence-electron chi connectivity index (χ4n) is 3.59. The van der Waals surface area contributed by atoms with Crippen molar-refractivity contribution >= 4 is 29.2 Å². The Morgan fingerprint density at radius 1 is 1.00 bits per heavy atom. The highest BCUT2D eigenvalue weighted by molar-refractivity contribution is 6.30. The molecule has 1 aliphatic heterocycles. The molecule has 0 aliphatic carbocycles. The molecule has 2 N–H and O–H groups in total. The number of anilines is 2. The summed E-state index contributed by atoms with van der Waals surface area (Å²) >= 11 is 5.86. The van der Waals surface area contributed by atoms with Gasteiger partial charge in [0.05, 0.1) is 0 Å². The van der Waals surface area contributed by atoms with Gasteiger partial charge in [0, 0.05) is 28.4 Å². The van der Waals surface area contributed by atoms with Crippen molar-refractivity contribution in [3.8, 4) is 11.5 Å². The first-order chi connectivity index (χ1) is 15.2. The standard InChI is InChI=1S/C23H26ClN5O2/c24-19-9-5-17(6-10-19)21(30)26-20-11-7-18(8-12-20)22-27-28-23(31-22)25-13-4-16-29-14-2-1-3-15-29/h5-12H,1-4,13-16H2,(H,25,28)(H,26,30). The molecule has 1 aromatic heterocycles. The minimum absolute atomic E-state index is 0.196. The van der Waals surface area contributed by atoms with Gasteiger partial charge in [0.1, 0.15) is 0 Å². The molecule has 3 aromatic rings. The van der Waals surface area contributed by atoms with Gasteiger partial charge in [0.25, 0.3) is 5.91 Å². The van der Waals surface area contributed by atoms with Crippen LogP contribution < -0.4 is 10.6 Å². The van der Waals surface area contributed by atoms with Crippen LogP contribution in [-0.4, -0.2) is 47.2 Å². The number of rotatable bonds is 8. The number of benzene rings is 2. The maximum absolute atomic E-state index is 12.3. The summed E-state index contributed by atoms with van der Waals surface area (Å²) in [5.74, 6) is 0.243. The smallest absolute Gasteiger partial charge is 0.315 e. The number of hydrogen-bond acceptors (Lipinski definition) is 6. The third-order valence-electron chi connectivity index (χ3n) is 5.30. The maximum Gasteiger partial charge on any atom is 0.315 e. The van der Waals surface area contributed by atoms with Crippen molar-refractivity contribution in [1.29, 1.82) is 0 Å². The van der Waals surface area contributed by atoms with Crippen LogP contribution in [0.25, 0.3) is 11.5 Å². The quantitative estimate of drug-likeness (QED) is 0.484. The predicted molar refractivity (Wildman–Crippen MR) is 123 cm³/mol. The number of likely N-dealkylation sites (tertiary alicyclic amines) is 1. The molecule has 1 fully saturated rings. The van der Waals surface area contributed by atoms with Gasteiger partial charge >= 0.3 is 6.01 Å². The van der Waals surface area contributed by atoms with Crippen LogP contribution in [0.4, 0.5) is 11.7 Å². The number of aromatic nitrogens is 2. The van der Waals surface area contributed by atoms with Crippen LogP contribution in [0.1, 0.15) is 36.0 Å². The van der Waals surface area contributed by atoms with Crippen molar-refractivity contribution in [2.24, 2.45) is 0 Å². The average Bonchev–Trinajstić information content (AvgIpc) is 3.27. The molecule has 0 atom stereocenters. The summed E-state index contributed by atoms with van der Waals surface area (Å²) in [6.07, 6.45) is 5.02. The summed E-state index contributed by atoms with van der Waals surface area (Å²) < 4.78 is 5.72. The van der Waals surface area contributed by atoms with Crippen molar-refractivity contribution in [2.45, 2.75) is 25.7 Å². The molecule has 0 unspecified atom stereocenters. The Hall–Kier alpha value is -2.90. The second-order valence-electron chi connectivity index (χ2n) is 7.63. The molecule has 4 rings (SSSR count). The first kappa shape index (κ1) is 21.3. The normalized spacial score (nSPS) is 14.4. The molecule has 8 heteroatoms. The minimum Gasteiger partial charge on any atom is -0.403 e. The molecule has 31 heavy (non-hydrogen) atoms. The second-order valence-corrected chi connectivity index (χ2v) is 8.07. The number of piperidine rings is 1. The molecule has 1 aliphatic rings. The van der Waals surface area contributed by atoms with E-state index in [1.165, 1.54) is 32.4 Å². The van der Waals surface area contributed by atoms with Crippen LogP contribution in [0.15, 0.2) is 52.9 Å². The summed E-state index contributed by atoms with van der Waals surface area (Å²) in [4.78, 5) is 14.8. The number of halogens is 1. The molecule has 162 valence electrons. The minimum atomic E-state index is -0.196.